The summed E-state index contributed by atoms with van der Waals surface area (Å²) in [6.45, 7) is 0. The quantitative estimate of drug-likeness (QED) is 0.580. The van der Waals surface area contributed by atoms with Crippen LogP contribution in [0.4, 0.5) is 4.79 Å². The molecular weight excluding hydrogens is 146 g/mol. The van der Waals surface area contributed by atoms with E-state index in [-0.39, 0.29) is 5.78 Å². The van der Waals surface area contributed by atoms with Crippen LogP contribution < -0.4 is 5.32 Å². The highest BCUT2D eigenvalue weighted by Crippen LogP contribution is 2.06. The van der Waals surface area contributed by atoms with Gasteiger partial charge in [0, 0.05) is 0 Å². The minimum atomic E-state index is -1.14. The molecular formula is C7H9NO3. The van der Waals surface area contributed by atoms with Gasteiger partial charge >= 0.3 is 6.09 Å². The van der Waals surface area contributed by atoms with Crippen LogP contribution in [0.3, 0.4) is 0 Å². The molecule has 0 spiro atoms. The Morgan fingerprint density at radius 3 is 3.00 bits per heavy atom. The fraction of sp³-hybridized carbons (Fsp3) is 0.429. The molecule has 0 saturated carbocycles. The summed E-state index contributed by atoms with van der Waals surface area (Å²) in [4.78, 5) is 21.0. The topological polar surface area (TPSA) is 66.4 Å². The Labute approximate surface area is 63.9 Å². The Kier molecular flexibility index (Phi) is 2.25. The molecule has 0 saturated heterocycles. The molecule has 1 amide bonds. The van der Waals surface area contributed by atoms with Crippen molar-refractivity contribution in [2.75, 3.05) is 0 Å². The van der Waals surface area contributed by atoms with Crippen LogP contribution in [0.1, 0.15) is 12.8 Å². The third kappa shape index (κ3) is 2.07. The Morgan fingerprint density at radius 2 is 2.45 bits per heavy atom. The lowest BCUT2D eigenvalue weighted by Gasteiger charge is -2.15. The van der Waals surface area contributed by atoms with Crippen LogP contribution in [0.5, 0.6) is 0 Å². The van der Waals surface area contributed by atoms with Gasteiger partial charge in [-0.3, -0.25) is 4.79 Å². The maximum absolute atomic E-state index is 10.9. The number of ketones is 1. The molecule has 2 N–H and O–H groups in total. The van der Waals surface area contributed by atoms with Crippen molar-refractivity contribution in [1.82, 2.24) is 5.32 Å². The van der Waals surface area contributed by atoms with Crippen LogP contribution >= 0.6 is 0 Å². The van der Waals surface area contributed by atoms with Gasteiger partial charge in [-0.2, -0.15) is 0 Å². The van der Waals surface area contributed by atoms with Gasteiger partial charge in [-0.05, 0) is 18.9 Å². The van der Waals surface area contributed by atoms with Crippen LogP contribution in [0, 0.1) is 0 Å². The van der Waals surface area contributed by atoms with Gasteiger partial charge < -0.3 is 10.4 Å². The van der Waals surface area contributed by atoms with Crippen LogP contribution in [-0.2, 0) is 4.79 Å². The molecule has 1 unspecified atom stereocenters. The summed E-state index contributed by atoms with van der Waals surface area (Å²) < 4.78 is 0. The maximum atomic E-state index is 10.9. The summed E-state index contributed by atoms with van der Waals surface area (Å²) in [6.07, 6.45) is 3.36. The van der Waals surface area contributed by atoms with E-state index in [1.807, 2.05) is 0 Å². The van der Waals surface area contributed by atoms with Crippen LogP contribution in [-0.4, -0.2) is 23.0 Å². The maximum Gasteiger partial charge on any atom is 0.405 e. The Balaban J connectivity index is 2.52. The lowest BCUT2D eigenvalue weighted by molar-refractivity contribution is -0.116. The van der Waals surface area contributed by atoms with Crippen molar-refractivity contribution in [2.24, 2.45) is 0 Å². The van der Waals surface area contributed by atoms with E-state index in [0.717, 1.165) is 6.42 Å². The first-order valence-corrected chi connectivity index (χ1v) is 3.40. The van der Waals surface area contributed by atoms with Crippen molar-refractivity contribution >= 4 is 11.9 Å². The molecule has 0 bridgehead atoms. The minimum absolute atomic E-state index is 0.154. The van der Waals surface area contributed by atoms with Gasteiger partial charge in [0.15, 0.2) is 5.78 Å². The highest BCUT2D eigenvalue weighted by atomic mass is 16.4. The molecule has 1 atom stereocenters. The van der Waals surface area contributed by atoms with E-state index in [9.17, 15) is 9.59 Å². The van der Waals surface area contributed by atoms with Gasteiger partial charge in [-0.1, -0.05) is 6.08 Å². The molecule has 0 aromatic carbocycles. The Hall–Kier alpha value is -1.32. The van der Waals surface area contributed by atoms with Crippen LogP contribution in [0.15, 0.2) is 12.2 Å². The summed E-state index contributed by atoms with van der Waals surface area (Å²) in [5.74, 6) is -0.154. The summed E-state index contributed by atoms with van der Waals surface area (Å²) in [6, 6.07) is -0.530. The number of nitrogens with one attached hydrogen (secondary N) is 1. The van der Waals surface area contributed by atoms with Crippen molar-refractivity contribution < 1.29 is 14.7 Å². The van der Waals surface area contributed by atoms with Crippen molar-refractivity contribution in [3.8, 4) is 0 Å². The van der Waals surface area contributed by atoms with E-state index in [2.05, 4.69) is 5.32 Å². The minimum Gasteiger partial charge on any atom is -0.465 e. The summed E-state index contributed by atoms with van der Waals surface area (Å²) >= 11 is 0. The number of carboxylic acid groups (broad SMARTS) is 1. The molecule has 1 rings (SSSR count). The Morgan fingerprint density at radius 1 is 1.73 bits per heavy atom. The van der Waals surface area contributed by atoms with Crippen molar-refractivity contribution in [3.05, 3.63) is 12.2 Å². The normalized spacial score (nSPS) is 23.3. The zero-order chi connectivity index (χ0) is 8.27. The van der Waals surface area contributed by atoms with Gasteiger partial charge in [0.05, 0.1) is 6.04 Å². The highest BCUT2D eigenvalue weighted by Gasteiger charge is 2.19. The molecule has 0 aromatic heterocycles. The molecule has 0 aliphatic heterocycles. The zero-order valence-corrected chi connectivity index (χ0v) is 5.91. The van der Waals surface area contributed by atoms with Crippen molar-refractivity contribution in [1.29, 1.82) is 0 Å². The summed E-state index contributed by atoms with van der Waals surface area (Å²) in [7, 11) is 0. The molecule has 4 heteroatoms. The standard InChI is InChI=1S/C7H9NO3/c9-6-4-2-1-3-5(6)8-7(10)11/h2,4-5,8H,1,3H2,(H,10,11). The smallest absolute Gasteiger partial charge is 0.405 e. The fourth-order valence-corrected chi connectivity index (χ4v) is 1.01. The first-order valence-electron chi connectivity index (χ1n) is 3.40. The van der Waals surface area contributed by atoms with Gasteiger partial charge in [0.1, 0.15) is 0 Å². The molecule has 60 valence electrons. The van der Waals surface area contributed by atoms with Crippen LogP contribution in [0.25, 0.3) is 0 Å². The summed E-state index contributed by atoms with van der Waals surface area (Å²) in [5.41, 5.74) is 0. The average molecular weight is 155 g/mol. The average Bonchev–Trinajstić information content (AvgIpc) is 1.93. The fourth-order valence-electron chi connectivity index (χ4n) is 1.01. The molecule has 11 heavy (non-hydrogen) atoms. The third-order valence-electron chi connectivity index (χ3n) is 1.55. The molecule has 0 aromatic rings. The van der Waals surface area contributed by atoms with Gasteiger partial charge in [-0.25, -0.2) is 4.79 Å². The van der Waals surface area contributed by atoms with E-state index >= 15 is 0 Å². The van der Waals surface area contributed by atoms with Gasteiger partial charge in [0.25, 0.3) is 0 Å². The number of hydrogen-bond acceptors (Lipinski definition) is 2. The second-order valence-corrected chi connectivity index (χ2v) is 2.38. The first-order chi connectivity index (χ1) is 5.20. The molecule has 1 aliphatic carbocycles. The second-order valence-electron chi connectivity index (χ2n) is 2.38. The molecule has 0 radical (unpaired) electrons. The first kappa shape index (κ1) is 7.78. The van der Waals surface area contributed by atoms with E-state index < -0.39 is 12.1 Å². The Bertz CT molecular complexity index is 210. The molecule has 0 fully saturated rings. The monoisotopic (exact) mass is 155 g/mol. The van der Waals surface area contributed by atoms with E-state index in [4.69, 9.17) is 5.11 Å². The zero-order valence-electron chi connectivity index (χ0n) is 5.91. The van der Waals surface area contributed by atoms with E-state index in [0.29, 0.717) is 6.42 Å². The molecule has 0 heterocycles. The SMILES string of the molecule is O=C(O)NC1CCC=CC1=O. The van der Waals surface area contributed by atoms with Crippen molar-refractivity contribution in [2.45, 2.75) is 18.9 Å². The number of carbonyl (C=O) groups is 2. The summed E-state index contributed by atoms with van der Waals surface area (Å²) in [5, 5.41) is 10.4. The molecule has 1 aliphatic rings. The number of amides is 1. The lowest BCUT2D eigenvalue weighted by Crippen LogP contribution is -2.40. The molecule has 4 nitrogen and oxygen atoms in total. The predicted molar refractivity (Wildman–Crippen MR) is 38.3 cm³/mol. The highest BCUT2D eigenvalue weighted by molar-refractivity contribution is 5.96. The third-order valence-corrected chi connectivity index (χ3v) is 1.55. The van der Waals surface area contributed by atoms with Crippen molar-refractivity contribution in [3.63, 3.8) is 0 Å². The van der Waals surface area contributed by atoms with Gasteiger partial charge in [-0.15, -0.1) is 0 Å². The number of hydrogen-bond donors (Lipinski definition) is 2. The lowest BCUT2D eigenvalue weighted by atomic mass is 10.0. The predicted octanol–water partition coefficient (Wildman–Crippen LogP) is 0.542. The number of rotatable bonds is 1. The van der Waals surface area contributed by atoms with Crippen LogP contribution in [0.2, 0.25) is 0 Å². The second kappa shape index (κ2) is 3.18. The van der Waals surface area contributed by atoms with Gasteiger partial charge in [0.2, 0.25) is 0 Å². The van der Waals surface area contributed by atoms with E-state index in [1.165, 1.54) is 6.08 Å². The number of allylic oxidation sites excluding steroid dienone is 1. The number of carbonyl (C=O) groups excluding carboxylic acids is 1. The van der Waals surface area contributed by atoms with E-state index in [1.54, 1.807) is 6.08 Å². The largest absolute Gasteiger partial charge is 0.465 e.